The predicted octanol–water partition coefficient (Wildman–Crippen LogP) is 1.19. The highest BCUT2D eigenvalue weighted by molar-refractivity contribution is 5.02. The van der Waals surface area contributed by atoms with E-state index < -0.39 is 0 Å². The Labute approximate surface area is 98.8 Å². The SMILES string of the molecule is CC(C)N(C)CCN(C)Cc1cnn(C)c1. The molecule has 0 radical (unpaired) electrons. The lowest BCUT2D eigenvalue weighted by Crippen LogP contribution is -2.34. The Morgan fingerprint density at radius 1 is 1.31 bits per heavy atom. The summed E-state index contributed by atoms with van der Waals surface area (Å²) in [6.45, 7) is 7.61. The molecular formula is C12H24N4. The van der Waals surface area contributed by atoms with Gasteiger partial charge in [-0.25, -0.2) is 0 Å². The maximum atomic E-state index is 4.17. The topological polar surface area (TPSA) is 24.3 Å². The molecule has 0 atom stereocenters. The molecule has 0 unspecified atom stereocenters. The van der Waals surface area contributed by atoms with Gasteiger partial charge in [-0.05, 0) is 27.9 Å². The first-order valence-electron chi connectivity index (χ1n) is 5.85. The summed E-state index contributed by atoms with van der Waals surface area (Å²) in [6.07, 6.45) is 4.01. The number of rotatable bonds is 6. The average molecular weight is 224 g/mol. The standard InChI is InChI=1S/C12H24N4/c1-11(2)15(4)7-6-14(3)9-12-8-13-16(5)10-12/h8,10-11H,6-7,9H2,1-5H3. The van der Waals surface area contributed by atoms with Gasteiger partial charge in [0.05, 0.1) is 6.20 Å². The Morgan fingerprint density at radius 2 is 2.00 bits per heavy atom. The maximum Gasteiger partial charge on any atom is 0.0534 e. The third-order valence-electron chi connectivity index (χ3n) is 2.93. The molecular weight excluding hydrogens is 200 g/mol. The van der Waals surface area contributed by atoms with Crippen molar-refractivity contribution in [1.29, 1.82) is 0 Å². The minimum Gasteiger partial charge on any atom is -0.303 e. The van der Waals surface area contributed by atoms with Crippen LogP contribution in [0, 0.1) is 0 Å². The summed E-state index contributed by atoms with van der Waals surface area (Å²) in [5, 5.41) is 4.17. The number of nitrogens with zero attached hydrogens (tertiary/aromatic N) is 4. The molecule has 1 rings (SSSR count). The van der Waals surface area contributed by atoms with Crippen molar-refractivity contribution in [2.45, 2.75) is 26.4 Å². The third-order valence-corrected chi connectivity index (χ3v) is 2.93. The van der Waals surface area contributed by atoms with Crippen LogP contribution >= 0.6 is 0 Å². The zero-order valence-corrected chi connectivity index (χ0v) is 11.1. The molecule has 1 heterocycles. The van der Waals surface area contributed by atoms with Gasteiger partial charge < -0.3 is 9.80 Å². The van der Waals surface area contributed by atoms with Gasteiger partial charge in [0, 0.05) is 44.5 Å². The van der Waals surface area contributed by atoms with Crippen molar-refractivity contribution >= 4 is 0 Å². The van der Waals surface area contributed by atoms with Crippen LogP contribution in [0.4, 0.5) is 0 Å². The summed E-state index contributed by atoms with van der Waals surface area (Å²) in [6, 6.07) is 0.617. The second-order valence-corrected chi connectivity index (χ2v) is 4.83. The quantitative estimate of drug-likeness (QED) is 0.725. The molecule has 0 aliphatic carbocycles. The summed E-state index contributed by atoms with van der Waals surface area (Å²) in [5.41, 5.74) is 1.28. The second-order valence-electron chi connectivity index (χ2n) is 4.83. The van der Waals surface area contributed by atoms with Crippen LogP contribution in [0.15, 0.2) is 12.4 Å². The van der Waals surface area contributed by atoms with Crippen LogP contribution < -0.4 is 0 Å². The average Bonchev–Trinajstić information content (AvgIpc) is 2.60. The Bertz CT molecular complexity index is 306. The number of hydrogen-bond donors (Lipinski definition) is 0. The van der Waals surface area contributed by atoms with Crippen LogP contribution in [0.5, 0.6) is 0 Å². The lowest BCUT2D eigenvalue weighted by atomic mass is 10.3. The first-order valence-corrected chi connectivity index (χ1v) is 5.85. The number of aryl methyl sites for hydroxylation is 1. The van der Waals surface area contributed by atoms with Crippen molar-refractivity contribution in [2.24, 2.45) is 7.05 Å². The Hall–Kier alpha value is -0.870. The summed E-state index contributed by atoms with van der Waals surface area (Å²) >= 11 is 0. The first-order chi connectivity index (χ1) is 7.49. The highest BCUT2D eigenvalue weighted by Crippen LogP contribution is 2.01. The molecule has 4 nitrogen and oxygen atoms in total. The fourth-order valence-corrected chi connectivity index (χ4v) is 1.53. The lowest BCUT2D eigenvalue weighted by molar-refractivity contribution is 0.221. The minimum absolute atomic E-state index is 0.617. The lowest BCUT2D eigenvalue weighted by Gasteiger charge is -2.24. The van der Waals surface area contributed by atoms with Crippen LogP contribution in [-0.2, 0) is 13.6 Å². The molecule has 0 bridgehead atoms. The second kappa shape index (κ2) is 6.01. The van der Waals surface area contributed by atoms with Crippen LogP contribution in [0.25, 0.3) is 0 Å². The highest BCUT2D eigenvalue weighted by Gasteiger charge is 2.06. The molecule has 1 aromatic heterocycles. The van der Waals surface area contributed by atoms with Crippen molar-refractivity contribution in [2.75, 3.05) is 27.2 Å². The Kier molecular flexibility index (Phi) is 4.96. The van der Waals surface area contributed by atoms with Gasteiger partial charge in [0.15, 0.2) is 0 Å². The molecule has 92 valence electrons. The molecule has 4 heteroatoms. The van der Waals surface area contributed by atoms with Crippen molar-refractivity contribution in [1.82, 2.24) is 19.6 Å². The van der Waals surface area contributed by atoms with E-state index >= 15 is 0 Å². The van der Waals surface area contributed by atoms with Crippen molar-refractivity contribution < 1.29 is 0 Å². The van der Waals surface area contributed by atoms with E-state index in [1.165, 1.54) is 5.56 Å². The van der Waals surface area contributed by atoms with Crippen LogP contribution in [0.1, 0.15) is 19.4 Å². The normalized spacial score (nSPS) is 12.0. The van der Waals surface area contributed by atoms with Gasteiger partial charge in [-0.1, -0.05) is 0 Å². The number of hydrogen-bond acceptors (Lipinski definition) is 3. The smallest absolute Gasteiger partial charge is 0.0534 e. The molecule has 0 amide bonds. The largest absolute Gasteiger partial charge is 0.303 e. The number of aromatic nitrogens is 2. The van der Waals surface area contributed by atoms with Crippen LogP contribution in [-0.4, -0.2) is 52.8 Å². The Morgan fingerprint density at radius 3 is 2.50 bits per heavy atom. The zero-order chi connectivity index (χ0) is 12.1. The van der Waals surface area contributed by atoms with Crippen molar-refractivity contribution in [3.8, 4) is 0 Å². The molecule has 0 saturated carbocycles. The summed E-state index contributed by atoms with van der Waals surface area (Å²) < 4.78 is 1.85. The van der Waals surface area contributed by atoms with Gasteiger partial charge in [0.2, 0.25) is 0 Å². The third kappa shape index (κ3) is 4.33. The number of likely N-dealkylation sites (N-methyl/N-ethyl adjacent to an activating group) is 2. The van der Waals surface area contributed by atoms with Gasteiger partial charge in [-0.15, -0.1) is 0 Å². The summed E-state index contributed by atoms with van der Waals surface area (Å²) in [7, 11) is 6.28. The molecule has 1 aromatic rings. The fraction of sp³-hybridized carbons (Fsp3) is 0.750. The van der Waals surface area contributed by atoms with Crippen molar-refractivity contribution in [3.63, 3.8) is 0 Å². The van der Waals surface area contributed by atoms with Gasteiger partial charge in [-0.3, -0.25) is 4.68 Å². The highest BCUT2D eigenvalue weighted by atomic mass is 15.2. The molecule has 0 saturated heterocycles. The van der Waals surface area contributed by atoms with Crippen LogP contribution in [0.3, 0.4) is 0 Å². The molecule has 0 aromatic carbocycles. The van der Waals surface area contributed by atoms with E-state index in [9.17, 15) is 0 Å². The predicted molar refractivity (Wildman–Crippen MR) is 67.3 cm³/mol. The first kappa shape index (κ1) is 13.2. The van der Waals surface area contributed by atoms with E-state index in [2.05, 4.69) is 49.0 Å². The molecule has 0 aliphatic rings. The molecule has 0 fully saturated rings. The Balaban J connectivity index is 2.28. The molecule has 0 spiro atoms. The summed E-state index contributed by atoms with van der Waals surface area (Å²) in [5.74, 6) is 0. The van der Waals surface area contributed by atoms with Gasteiger partial charge in [-0.2, -0.15) is 5.10 Å². The molecule has 0 aliphatic heterocycles. The van der Waals surface area contributed by atoms with Gasteiger partial charge in [0.25, 0.3) is 0 Å². The monoisotopic (exact) mass is 224 g/mol. The maximum absolute atomic E-state index is 4.17. The van der Waals surface area contributed by atoms with Crippen LogP contribution in [0.2, 0.25) is 0 Å². The van der Waals surface area contributed by atoms with E-state index in [4.69, 9.17) is 0 Å². The minimum atomic E-state index is 0.617. The van der Waals surface area contributed by atoms with E-state index in [0.717, 1.165) is 19.6 Å². The molecule has 16 heavy (non-hydrogen) atoms. The van der Waals surface area contributed by atoms with Crippen molar-refractivity contribution in [3.05, 3.63) is 18.0 Å². The summed E-state index contributed by atoms with van der Waals surface area (Å²) in [4.78, 5) is 4.69. The fourth-order valence-electron chi connectivity index (χ4n) is 1.53. The van der Waals surface area contributed by atoms with Gasteiger partial charge in [0.1, 0.15) is 0 Å². The van der Waals surface area contributed by atoms with E-state index in [1.807, 2.05) is 17.9 Å². The van der Waals surface area contributed by atoms with E-state index in [1.54, 1.807) is 0 Å². The molecule has 0 N–H and O–H groups in total. The van der Waals surface area contributed by atoms with Gasteiger partial charge >= 0.3 is 0 Å². The zero-order valence-electron chi connectivity index (χ0n) is 11.1. The van der Waals surface area contributed by atoms with E-state index in [0.29, 0.717) is 6.04 Å². The van der Waals surface area contributed by atoms with E-state index in [-0.39, 0.29) is 0 Å².